The summed E-state index contributed by atoms with van der Waals surface area (Å²) in [4.78, 5) is 13.2. The fraction of sp³-hybridized carbons (Fsp3) is 0.0714. The van der Waals surface area contributed by atoms with Crippen molar-refractivity contribution in [2.75, 3.05) is 0 Å². The number of aliphatic hydroxyl groups is 1. The standard InChI is InChI=1S/C28H21Br2ClN2O3/c29-23-15-19(16-24(30)26(23)36-18-20-9-7-8-14-25(20)31)17-32-33-27(34)28(35,21-10-3-1-4-11-21)22-12-5-2-6-13-22/h1-17,35H,18H2,(H,33,34)/b32-17+. The van der Waals surface area contributed by atoms with Crippen LogP contribution in [0.25, 0.3) is 0 Å². The van der Waals surface area contributed by atoms with Crippen molar-refractivity contribution in [3.05, 3.63) is 133 Å². The second-order valence-corrected chi connectivity index (χ2v) is 9.95. The second-order valence-electron chi connectivity index (χ2n) is 7.84. The molecule has 2 N–H and O–H groups in total. The number of nitrogens with one attached hydrogen (secondary N) is 1. The van der Waals surface area contributed by atoms with Crippen LogP contribution in [0.4, 0.5) is 0 Å². The molecule has 0 radical (unpaired) electrons. The molecule has 0 heterocycles. The Hall–Kier alpha value is -2.97. The van der Waals surface area contributed by atoms with Gasteiger partial charge in [0, 0.05) is 10.6 Å². The summed E-state index contributed by atoms with van der Waals surface area (Å²) >= 11 is 13.3. The molecule has 0 spiro atoms. The van der Waals surface area contributed by atoms with Crippen molar-refractivity contribution in [1.29, 1.82) is 0 Å². The number of halogens is 3. The lowest BCUT2D eigenvalue weighted by atomic mass is 9.85. The van der Waals surface area contributed by atoms with Crippen LogP contribution in [0.5, 0.6) is 5.75 Å². The lowest BCUT2D eigenvalue weighted by Gasteiger charge is -2.27. The minimum absolute atomic E-state index is 0.303. The molecule has 0 saturated carbocycles. The third-order valence-corrected chi connectivity index (χ3v) is 6.99. The van der Waals surface area contributed by atoms with Crippen molar-refractivity contribution in [1.82, 2.24) is 5.43 Å². The van der Waals surface area contributed by atoms with Crippen molar-refractivity contribution >= 4 is 55.6 Å². The summed E-state index contributed by atoms with van der Waals surface area (Å²) in [5.41, 5.74) is 3.02. The van der Waals surface area contributed by atoms with Crippen molar-refractivity contribution in [3.63, 3.8) is 0 Å². The third kappa shape index (κ3) is 5.87. The predicted octanol–water partition coefficient (Wildman–Crippen LogP) is 6.83. The Bertz CT molecular complexity index is 1320. The molecule has 0 fully saturated rings. The number of amides is 1. The normalized spacial score (nSPS) is 11.4. The molecule has 5 nitrogen and oxygen atoms in total. The molecule has 0 aliphatic heterocycles. The fourth-order valence-electron chi connectivity index (χ4n) is 3.59. The van der Waals surface area contributed by atoms with Gasteiger partial charge in [-0.15, -0.1) is 0 Å². The van der Waals surface area contributed by atoms with Crippen molar-refractivity contribution in [2.24, 2.45) is 5.10 Å². The molecule has 0 saturated heterocycles. The number of hydrazone groups is 1. The Morgan fingerprint density at radius 2 is 1.44 bits per heavy atom. The maximum absolute atomic E-state index is 13.2. The van der Waals surface area contributed by atoms with Crippen molar-refractivity contribution < 1.29 is 14.6 Å². The largest absolute Gasteiger partial charge is 0.486 e. The number of ether oxygens (including phenoxy) is 1. The smallest absolute Gasteiger partial charge is 0.281 e. The average molecular weight is 629 g/mol. The summed E-state index contributed by atoms with van der Waals surface area (Å²) in [6.07, 6.45) is 1.49. The Balaban J connectivity index is 1.50. The molecule has 0 atom stereocenters. The molecule has 1 amide bonds. The van der Waals surface area contributed by atoms with E-state index >= 15 is 0 Å². The van der Waals surface area contributed by atoms with Gasteiger partial charge >= 0.3 is 0 Å². The van der Waals surface area contributed by atoms with Crippen LogP contribution in [-0.4, -0.2) is 17.2 Å². The van der Waals surface area contributed by atoms with Crippen LogP contribution < -0.4 is 10.2 Å². The van der Waals surface area contributed by atoms with E-state index in [1.807, 2.05) is 48.5 Å². The van der Waals surface area contributed by atoms with Gasteiger partial charge in [-0.1, -0.05) is 90.5 Å². The molecule has 4 rings (SSSR count). The second kappa shape index (κ2) is 11.8. The van der Waals surface area contributed by atoms with Gasteiger partial charge in [0.1, 0.15) is 12.4 Å². The molecule has 0 aliphatic carbocycles. The number of nitrogens with zero attached hydrogens (tertiary/aromatic N) is 1. The summed E-state index contributed by atoms with van der Waals surface area (Å²) in [5, 5.41) is 16.2. The lowest BCUT2D eigenvalue weighted by Crippen LogP contribution is -2.43. The highest BCUT2D eigenvalue weighted by atomic mass is 79.9. The first-order valence-electron chi connectivity index (χ1n) is 10.9. The van der Waals surface area contributed by atoms with E-state index in [4.69, 9.17) is 16.3 Å². The van der Waals surface area contributed by atoms with Crippen LogP contribution in [0.3, 0.4) is 0 Å². The Morgan fingerprint density at radius 3 is 2.00 bits per heavy atom. The minimum Gasteiger partial charge on any atom is -0.486 e. The van der Waals surface area contributed by atoms with Crippen molar-refractivity contribution in [2.45, 2.75) is 12.2 Å². The van der Waals surface area contributed by atoms with Gasteiger partial charge in [-0.2, -0.15) is 5.10 Å². The molecule has 8 heteroatoms. The summed E-state index contributed by atoms with van der Waals surface area (Å²) in [6.45, 7) is 0.303. The van der Waals surface area contributed by atoms with E-state index in [1.165, 1.54) is 6.21 Å². The molecule has 4 aromatic rings. The van der Waals surface area contributed by atoms with Gasteiger partial charge in [0.2, 0.25) is 0 Å². The summed E-state index contributed by atoms with van der Waals surface area (Å²) in [6, 6.07) is 28.6. The number of carbonyl (C=O) groups excluding carboxylic acids is 1. The van der Waals surface area contributed by atoms with Gasteiger partial charge in [0.15, 0.2) is 5.60 Å². The molecule has 0 unspecified atom stereocenters. The zero-order valence-corrected chi connectivity index (χ0v) is 22.8. The van der Waals surface area contributed by atoms with E-state index in [2.05, 4.69) is 42.4 Å². The zero-order valence-electron chi connectivity index (χ0n) is 18.9. The van der Waals surface area contributed by atoms with Gasteiger partial charge in [-0.05, 0) is 66.7 Å². The molecule has 0 aliphatic rings. The van der Waals surface area contributed by atoms with Crippen LogP contribution >= 0.6 is 43.5 Å². The maximum Gasteiger partial charge on any atom is 0.281 e. The topological polar surface area (TPSA) is 70.9 Å². The quantitative estimate of drug-likeness (QED) is 0.166. The first-order chi connectivity index (χ1) is 17.4. The van der Waals surface area contributed by atoms with Crippen LogP contribution in [0.15, 0.2) is 111 Å². The van der Waals surface area contributed by atoms with Gasteiger partial charge in [0.05, 0.1) is 15.2 Å². The fourth-order valence-corrected chi connectivity index (χ4v) is 5.23. The molecule has 4 aromatic carbocycles. The molecular formula is C28H21Br2ClN2O3. The monoisotopic (exact) mass is 626 g/mol. The van der Waals surface area contributed by atoms with E-state index in [-0.39, 0.29) is 0 Å². The van der Waals surface area contributed by atoms with E-state index in [0.717, 1.165) is 5.56 Å². The van der Waals surface area contributed by atoms with Gasteiger partial charge < -0.3 is 9.84 Å². The van der Waals surface area contributed by atoms with E-state index in [9.17, 15) is 9.90 Å². The lowest BCUT2D eigenvalue weighted by molar-refractivity contribution is -0.136. The molecule has 182 valence electrons. The molecule has 0 aromatic heterocycles. The highest BCUT2D eigenvalue weighted by molar-refractivity contribution is 9.11. The Kier molecular flexibility index (Phi) is 8.59. The Labute approximate surface area is 231 Å². The number of hydrogen-bond donors (Lipinski definition) is 2. The average Bonchev–Trinajstić information content (AvgIpc) is 2.89. The summed E-state index contributed by atoms with van der Waals surface area (Å²) in [5.74, 6) is -0.0624. The van der Waals surface area contributed by atoms with Crippen LogP contribution in [0.1, 0.15) is 22.3 Å². The maximum atomic E-state index is 13.2. The SMILES string of the molecule is O=C(N/N=C/c1cc(Br)c(OCc2ccccc2Cl)c(Br)c1)C(O)(c1ccccc1)c1ccccc1. The predicted molar refractivity (Wildman–Crippen MR) is 149 cm³/mol. The zero-order chi connectivity index (χ0) is 25.5. The van der Waals surface area contributed by atoms with Crippen molar-refractivity contribution in [3.8, 4) is 5.75 Å². The van der Waals surface area contributed by atoms with Crippen LogP contribution in [0.2, 0.25) is 5.02 Å². The molecule has 0 bridgehead atoms. The Morgan fingerprint density at radius 1 is 0.917 bits per heavy atom. The first kappa shape index (κ1) is 26.1. The van der Waals surface area contributed by atoms with E-state index in [1.54, 1.807) is 48.5 Å². The van der Waals surface area contributed by atoms with E-state index < -0.39 is 11.5 Å². The first-order valence-corrected chi connectivity index (χ1v) is 12.9. The number of hydrogen-bond acceptors (Lipinski definition) is 4. The van der Waals surface area contributed by atoms with Gasteiger partial charge in [-0.3, -0.25) is 4.79 Å². The van der Waals surface area contributed by atoms with Crippen LogP contribution in [0, 0.1) is 0 Å². The number of carbonyl (C=O) groups is 1. The van der Waals surface area contributed by atoms with Gasteiger partial charge in [-0.25, -0.2) is 5.43 Å². The van der Waals surface area contributed by atoms with E-state index in [0.29, 0.717) is 43.0 Å². The minimum atomic E-state index is -1.91. The van der Waals surface area contributed by atoms with Gasteiger partial charge in [0.25, 0.3) is 5.91 Å². The number of benzene rings is 4. The van der Waals surface area contributed by atoms with Crippen LogP contribution in [-0.2, 0) is 17.0 Å². The molecular weight excluding hydrogens is 608 g/mol. The summed E-state index contributed by atoms with van der Waals surface area (Å²) in [7, 11) is 0. The number of rotatable bonds is 8. The molecule has 36 heavy (non-hydrogen) atoms. The summed E-state index contributed by atoms with van der Waals surface area (Å²) < 4.78 is 7.34. The highest BCUT2D eigenvalue weighted by Gasteiger charge is 2.39. The third-order valence-electron chi connectivity index (χ3n) is 5.44. The highest BCUT2D eigenvalue weighted by Crippen LogP contribution is 2.35.